The number of carbonyl (C=O) groups excluding carboxylic acids is 2. The molecule has 0 unspecified atom stereocenters. The maximum Gasteiger partial charge on any atom is 0.238 e. The minimum Gasteiger partial charge on any atom is -0.490 e. The van der Waals surface area contributed by atoms with Crippen molar-refractivity contribution in [3.8, 4) is 11.5 Å². The topological polar surface area (TPSA) is 79.9 Å². The Morgan fingerprint density at radius 2 is 1.71 bits per heavy atom. The minimum atomic E-state index is -0.0355. The van der Waals surface area contributed by atoms with Crippen LogP contribution in [-0.2, 0) is 16.0 Å². The van der Waals surface area contributed by atoms with E-state index in [-0.39, 0.29) is 11.8 Å². The molecule has 0 radical (unpaired) electrons. The number of nitrogens with zero attached hydrogens (tertiary/aromatic N) is 1. The molecule has 0 spiro atoms. The van der Waals surface area contributed by atoms with Gasteiger partial charge in [0.15, 0.2) is 11.5 Å². The van der Waals surface area contributed by atoms with Crippen LogP contribution in [0.1, 0.15) is 49.8 Å². The van der Waals surface area contributed by atoms with E-state index < -0.39 is 0 Å². The normalized spacial score (nSPS) is 12.9. The number of anilines is 1. The molecule has 0 heterocycles. The second-order valence-corrected chi connectivity index (χ2v) is 9.07. The van der Waals surface area contributed by atoms with Gasteiger partial charge in [0.25, 0.3) is 0 Å². The zero-order valence-electron chi connectivity index (χ0n) is 21.5. The Kier molecular flexibility index (Phi) is 9.97. The zero-order valence-corrected chi connectivity index (χ0v) is 21.5. The van der Waals surface area contributed by atoms with E-state index in [9.17, 15) is 9.59 Å². The molecule has 1 aliphatic carbocycles. The Labute approximate surface area is 209 Å². The SMILES string of the molecule is CCOc1ccc(CCNC(=O)CCN(CC(=O)Nc2cc(C)ccc2C)C2CC2)cc1OCC. The van der Waals surface area contributed by atoms with Gasteiger partial charge in [0, 0.05) is 31.2 Å². The van der Waals surface area contributed by atoms with E-state index in [0.717, 1.165) is 46.7 Å². The van der Waals surface area contributed by atoms with Crippen molar-refractivity contribution in [3.05, 3.63) is 53.1 Å². The third-order valence-corrected chi connectivity index (χ3v) is 6.05. The van der Waals surface area contributed by atoms with Crippen LogP contribution < -0.4 is 20.1 Å². The highest BCUT2D eigenvalue weighted by Crippen LogP contribution is 2.29. The molecule has 0 aliphatic heterocycles. The summed E-state index contributed by atoms with van der Waals surface area (Å²) in [4.78, 5) is 27.2. The zero-order chi connectivity index (χ0) is 25.2. The average molecular weight is 482 g/mol. The van der Waals surface area contributed by atoms with Crippen LogP contribution in [0.4, 0.5) is 5.69 Å². The molecule has 1 saturated carbocycles. The highest BCUT2D eigenvalue weighted by molar-refractivity contribution is 5.93. The monoisotopic (exact) mass is 481 g/mol. The summed E-state index contributed by atoms with van der Waals surface area (Å²) in [7, 11) is 0. The van der Waals surface area contributed by atoms with Crippen LogP contribution >= 0.6 is 0 Å². The number of nitrogens with one attached hydrogen (secondary N) is 2. The fourth-order valence-electron chi connectivity index (χ4n) is 4.01. The molecule has 7 nitrogen and oxygen atoms in total. The Morgan fingerprint density at radius 1 is 0.971 bits per heavy atom. The molecule has 0 atom stereocenters. The van der Waals surface area contributed by atoms with Crippen molar-refractivity contribution in [1.82, 2.24) is 10.2 Å². The molecule has 3 rings (SSSR count). The van der Waals surface area contributed by atoms with Crippen LogP contribution in [0.3, 0.4) is 0 Å². The van der Waals surface area contributed by atoms with Gasteiger partial charge >= 0.3 is 0 Å². The minimum absolute atomic E-state index is 0.00144. The van der Waals surface area contributed by atoms with E-state index in [4.69, 9.17) is 9.47 Å². The van der Waals surface area contributed by atoms with Crippen LogP contribution in [0.25, 0.3) is 0 Å². The lowest BCUT2D eigenvalue weighted by atomic mass is 10.1. The van der Waals surface area contributed by atoms with Gasteiger partial charge in [-0.25, -0.2) is 0 Å². The predicted octanol–water partition coefficient (Wildman–Crippen LogP) is 4.25. The molecule has 0 saturated heterocycles. The van der Waals surface area contributed by atoms with Gasteiger partial charge in [0.05, 0.1) is 19.8 Å². The van der Waals surface area contributed by atoms with E-state index >= 15 is 0 Å². The van der Waals surface area contributed by atoms with E-state index in [1.165, 1.54) is 0 Å². The summed E-state index contributed by atoms with van der Waals surface area (Å²) in [5.41, 5.74) is 4.09. The molecule has 190 valence electrons. The molecule has 2 aromatic carbocycles. The molecule has 0 bridgehead atoms. The van der Waals surface area contributed by atoms with Crippen molar-refractivity contribution in [2.75, 3.05) is 38.2 Å². The van der Waals surface area contributed by atoms with E-state index in [1.807, 2.05) is 64.1 Å². The second kappa shape index (κ2) is 13.1. The lowest BCUT2D eigenvalue weighted by Crippen LogP contribution is -2.38. The van der Waals surface area contributed by atoms with Crippen LogP contribution in [0.2, 0.25) is 0 Å². The highest BCUT2D eigenvalue weighted by Gasteiger charge is 2.30. The lowest BCUT2D eigenvalue weighted by Gasteiger charge is -2.21. The van der Waals surface area contributed by atoms with Crippen molar-refractivity contribution in [2.24, 2.45) is 0 Å². The Morgan fingerprint density at radius 3 is 2.43 bits per heavy atom. The number of ether oxygens (including phenoxy) is 2. The van der Waals surface area contributed by atoms with Gasteiger partial charge in [-0.05, 0) is 81.8 Å². The number of carbonyl (C=O) groups is 2. The summed E-state index contributed by atoms with van der Waals surface area (Å²) in [6.45, 7) is 10.5. The van der Waals surface area contributed by atoms with Gasteiger partial charge < -0.3 is 20.1 Å². The summed E-state index contributed by atoms with van der Waals surface area (Å²) >= 11 is 0. The van der Waals surface area contributed by atoms with E-state index in [2.05, 4.69) is 15.5 Å². The van der Waals surface area contributed by atoms with Crippen LogP contribution in [0, 0.1) is 13.8 Å². The first-order valence-corrected chi connectivity index (χ1v) is 12.7. The maximum atomic E-state index is 12.7. The predicted molar refractivity (Wildman–Crippen MR) is 139 cm³/mol. The summed E-state index contributed by atoms with van der Waals surface area (Å²) in [5, 5.41) is 6.03. The third kappa shape index (κ3) is 8.58. The van der Waals surface area contributed by atoms with Gasteiger partial charge in [0.2, 0.25) is 11.8 Å². The number of rotatable bonds is 14. The smallest absolute Gasteiger partial charge is 0.238 e. The van der Waals surface area contributed by atoms with Crippen molar-refractivity contribution in [2.45, 2.75) is 59.4 Å². The second-order valence-electron chi connectivity index (χ2n) is 9.07. The molecule has 35 heavy (non-hydrogen) atoms. The fraction of sp³-hybridized carbons (Fsp3) is 0.500. The van der Waals surface area contributed by atoms with Gasteiger partial charge in [-0.1, -0.05) is 18.2 Å². The van der Waals surface area contributed by atoms with Crippen molar-refractivity contribution >= 4 is 17.5 Å². The number of amides is 2. The van der Waals surface area contributed by atoms with Gasteiger partial charge in [-0.2, -0.15) is 0 Å². The largest absolute Gasteiger partial charge is 0.490 e. The first kappa shape index (κ1) is 26.5. The van der Waals surface area contributed by atoms with Crippen LogP contribution in [0.15, 0.2) is 36.4 Å². The summed E-state index contributed by atoms with van der Waals surface area (Å²) < 4.78 is 11.3. The molecule has 0 aromatic heterocycles. The quantitative estimate of drug-likeness (QED) is 0.422. The Hall–Kier alpha value is -3.06. The fourth-order valence-corrected chi connectivity index (χ4v) is 4.01. The van der Waals surface area contributed by atoms with Crippen molar-refractivity contribution in [1.29, 1.82) is 0 Å². The third-order valence-electron chi connectivity index (χ3n) is 6.05. The Bertz CT molecular complexity index is 1000. The number of hydrogen-bond acceptors (Lipinski definition) is 5. The number of hydrogen-bond donors (Lipinski definition) is 2. The van der Waals surface area contributed by atoms with Gasteiger partial charge in [-0.15, -0.1) is 0 Å². The lowest BCUT2D eigenvalue weighted by molar-refractivity contribution is -0.122. The van der Waals surface area contributed by atoms with Crippen molar-refractivity contribution in [3.63, 3.8) is 0 Å². The molecule has 2 N–H and O–H groups in total. The molecule has 2 aromatic rings. The number of benzene rings is 2. The Balaban J connectivity index is 1.43. The molecular formula is C28H39N3O4. The number of aryl methyl sites for hydroxylation is 2. The molecule has 1 fully saturated rings. The van der Waals surface area contributed by atoms with E-state index in [1.54, 1.807) is 0 Å². The van der Waals surface area contributed by atoms with Gasteiger partial charge in [-0.3, -0.25) is 14.5 Å². The molecule has 7 heteroatoms. The summed E-state index contributed by atoms with van der Waals surface area (Å²) in [6.07, 6.45) is 3.25. The summed E-state index contributed by atoms with van der Waals surface area (Å²) in [6, 6.07) is 12.3. The summed E-state index contributed by atoms with van der Waals surface area (Å²) in [5.74, 6) is 1.44. The van der Waals surface area contributed by atoms with E-state index in [0.29, 0.717) is 51.7 Å². The standard InChI is InChI=1S/C28H39N3O4/c1-5-34-25-12-9-22(18-26(25)35-6-2)13-15-29-27(32)14-16-31(23-10-11-23)19-28(33)30-24-17-20(3)7-8-21(24)4/h7-9,12,17-18,23H,5-6,10-11,13-16,19H2,1-4H3,(H,29,32)(H,30,33). The molecular weight excluding hydrogens is 442 g/mol. The molecule has 1 aliphatic rings. The average Bonchev–Trinajstić information content (AvgIpc) is 3.66. The first-order chi connectivity index (χ1) is 16.9. The van der Waals surface area contributed by atoms with Crippen LogP contribution in [-0.4, -0.2) is 55.6 Å². The molecule has 2 amide bonds. The van der Waals surface area contributed by atoms with Crippen molar-refractivity contribution < 1.29 is 19.1 Å². The highest BCUT2D eigenvalue weighted by atomic mass is 16.5. The first-order valence-electron chi connectivity index (χ1n) is 12.7. The van der Waals surface area contributed by atoms with Crippen LogP contribution in [0.5, 0.6) is 11.5 Å². The maximum absolute atomic E-state index is 12.7. The van der Waals surface area contributed by atoms with Gasteiger partial charge in [0.1, 0.15) is 0 Å².